The Morgan fingerprint density at radius 3 is 2.65 bits per heavy atom. The predicted molar refractivity (Wildman–Crippen MR) is 100 cm³/mol. The highest BCUT2D eigenvalue weighted by molar-refractivity contribution is 5.79. The van der Waals surface area contributed by atoms with Crippen molar-refractivity contribution in [3.05, 3.63) is 29.8 Å². The number of β-amino-alcohol motifs (C(OH)–C–C–N with tert-alkyl or cyclic N) is 1. The van der Waals surface area contributed by atoms with Crippen LogP contribution in [0.2, 0.25) is 0 Å². The van der Waals surface area contributed by atoms with Crippen LogP contribution in [0.15, 0.2) is 24.3 Å². The van der Waals surface area contributed by atoms with Crippen molar-refractivity contribution in [1.29, 1.82) is 0 Å². The van der Waals surface area contributed by atoms with Gasteiger partial charge in [-0.15, -0.1) is 0 Å². The maximum absolute atomic E-state index is 13.0. The largest absolute Gasteiger partial charge is 0.493 e. The van der Waals surface area contributed by atoms with E-state index in [1.807, 2.05) is 23.1 Å². The van der Waals surface area contributed by atoms with Crippen molar-refractivity contribution in [2.45, 2.75) is 44.1 Å². The number of aliphatic hydroxyl groups is 1. The number of likely N-dealkylation sites (tertiary alicyclic amines) is 2. The molecule has 0 bridgehead atoms. The Balaban J connectivity index is 1.34. The molecular weight excluding hydrogens is 328 g/mol. The number of hydrogen-bond acceptors (Lipinski definition) is 4. The number of ether oxygens (including phenoxy) is 1. The van der Waals surface area contributed by atoms with Crippen LogP contribution in [0.25, 0.3) is 0 Å². The average molecular weight is 358 g/mol. The minimum atomic E-state index is -0.625. The van der Waals surface area contributed by atoms with E-state index in [4.69, 9.17) is 4.74 Å². The van der Waals surface area contributed by atoms with E-state index in [1.54, 1.807) is 0 Å². The molecule has 3 aliphatic heterocycles. The summed E-state index contributed by atoms with van der Waals surface area (Å²) in [7, 11) is 0. The van der Waals surface area contributed by atoms with Crippen molar-refractivity contribution < 1.29 is 14.6 Å². The summed E-state index contributed by atoms with van der Waals surface area (Å²) in [5.41, 5.74) is 0.506. The molecular formula is C21H30N2O3. The summed E-state index contributed by atoms with van der Waals surface area (Å²) in [6.07, 6.45) is 5.38. The molecule has 5 heteroatoms. The number of fused-ring (bicyclic) bond motifs is 1. The molecule has 1 aromatic rings. The van der Waals surface area contributed by atoms with Crippen molar-refractivity contribution >= 4 is 5.91 Å². The molecule has 0 unspecified atom stereocenters. The highest BCUT2D eigenvalue weighted by atomic mass is 16.5. The van der Waals surface area contributed by atoms with Crippen molar-refractivity contribution in [3.63, 3.8) is 0 Å². The van der Waals surface area contributed by atoms with E-state index in [0.717, 1.165) is 43.8 Å². The summed E-state index contributed by atoms with van der Waals surface area (Å²) >= 11 is 0. The van der Waals surface area contributed by atoms with Crippen LogP contribution in [-0.4, -0.2) is 65.7 Å². The fourth-order valence-electron chi connectivity index (χ4n) is 4.62. The first kappa shape index (κ1) is 17.8. The second kappa shape index (κ2) is 7.57. The SMILES string of the molecule is O=C([C@H]1CCOc2ccccc2C1)N1CCC(O)(CN2CCCC2)CC1. The first-order valence-electron chi connectivity index (χ1n) is 10.1. The van der Waals surface area contributed by atoms with Crippen molar-refractivity contribution in [2.24, 2.45) is 5.92 Å². The standard InChI is InChI=1S/C21H30N2O3/c24-20(18-7-14-26-19-6-2-1-5-17(19)15-18)23-12-8-21(25,9-13-23)16-22-10-3-4-11-22/h1-2,5-6,18,25H,3-4,7-16H2/t18-/m0/s1. The van der Waals surface area contributed by atoms with E-state index in [2.05, 4.69) is 11.0 Å². The van der Waals surface area contributed by atoms with Gasteiger partial charge in [-0.3, -0.25) is 4.79 Å². The Morgan fingerprint density at radius 2 is 1.88 bits per heavy atom. The number of para-hydroxylation sites is 1. The zero-order valence-electron chi connectivity index (χ0n) is 15.5. The molecule has 2 saturated heterocycles. The number of carbonyl (C=O) groups excluding carboxylic acids is 1. The fraction of sp³-hybridized carbons (Fsp3) is 0.667. The van der Waals surface area contributed by atoms with Crippen LogP contribution in [0.3, 0.4) is 0 Å². The lowest BCUT2D eigenvalue weighted by molar-refractivity contribution is -0.140. The molecule has 1 N–H and O–H groups in total. The predicted octanol–water partition coefficient (Wildman–Crippen LogP) is 2.08. The van der Waals surface area contributed by atoms with Crippen LogP contribution < -0.4 is 4.74 Å². The van der Waals surface area contributed by atoms with Gasteiger partial charge >= 0.3 is 0 Å². The molecule has 26 heavy (non-hydrogen) atoms. The molecule has 142 valence electrons. The van der Waals surface area contributed by atoms with E-state index in [-0.39, 0.29) is 11.8 Å². The molecule has 4 rings (SSSR count). The molecule has 0 radical (unpaired) electrons. The number of carbonyl (C=O) groups is 1. The van der Waals surface area contributed by atoms with E-state index < -0.39 is 5.60 Å². The molecule has 3 aliphatic rings. The third kappa shape index (κ3) is 3.89. The van der Waals surface area contributed by atoms with Gasteiger partial charge < -0.3 is 19.6 Å². The van der Waals surface area contributed by atoms with E-state index in [1.165, 1.54) is 12.8 Å². The normalized spacial score (nSPS) is 26.0. The minimum Gasteiger partial charge on any atom is -0.493 e. The highest BCUT2D eigenvalue weighted by Gasteiger charge is 2.37. The monoisotopic (exact) mass is 358 g/mol. The summed E-state index contributed by atoms with van der Waals surface area (Å²) in [5.74, 6) is 1.14. The van der Waals surface area contributed by atoms with Gasteiger partial charge in [0.15, 0.2) is 0 Å². The Hall–Kier alpha value is -1.59. The number of amides is 1. The van der Waals surface area contributed by atoms with Gasteiger partial charge in [-0.25, -0.2) is 0 Å². The zero-order valence-corrected chi connectivity index (χ0v) is 15.5. The number of hydrogen-bond donors (Lipinski definition) is 1. The van der Waals surface area contributed by atoms with E-state index >= 15 is 0 Å². The van der Waals surface area contributed by atoms with Crippen LogP contribution in [0.5, 0.6) is 5.75 Å². The summed E-state index contributed by atoms with van der Waals surface area (Å²) in [5, 5.41) is 10.9. The lowest BCUT2D eigenvalue weighted by Crippen LogP contribution is -2.52. The second-order valence-corrected chi connectivity index (χ2v) is 8.18. The summed E-state index contributed by atoms with van der Waals surface area (Å²) < 4.78 is 5.81. The van der Waals surface area contributed by atoms with Crippen molar-refractivity contribution in [1.82, 2.24) is 9.80 Å². The Bertz CT molecular complexity index is 634. The molecule has 5 nitrogen and oxygen atoms in total. The molecule has 0 saturated carbocycles. The fourth-order valence-corrected chi connectivity index (χ4v) is 4.62. The Morgan fingerprint density at radius 1 is 1.15 bits per heavy atom. The minimum absolute atomic E-state index is 0.0107. The molecule has 1 aromatic carbocycles. The topological polar surface area (TPSA) is 53.0 Å². The molecule has 0 aromatic heterocycles. The molecule has 2 fully saturated rings. The number of nitrogens with zero attached hydrogens (tertiary/aromatic N) is 2. The van der Waals surface area contributed by atoms with Gasteiger partial charge in [0.2, 0.25) is 5.91 Å². The number of piperidine rings is 1. The molecule has 0 spiro atoms. The highest BCUT2D eigenvalue weighted by Crippen LogP contribution is 2.30. The quantitative estimate of drug-likeness (QED) is 0.899. The van der Waals surface area contributed by atoms with Crippen LogP contribution in [-0.2, 0) is 11.2 Å². The van der Waals surface area contributed by atoms with Crippen LogP contribution >= 0.6 is 0 Å². The van der Waals surface area contributed by atoms with E-state index in [0.29, 0.717) is 32.5 Å². The van der Waals surface area contributed by atoms with Gasteiger partial charge in [0, 0.05) is 25.6 Å². The summed E-state index contributed by atoms with van der Waals surface area (Å²) in [6.45, 7) is 4.91. The maximum atomic E-state index is 13.0. The van der Waals surface area contributed by atoms with Gasteiger partial charge in [-0.05, 0) is 63.2 Å². The van der Waals surface area contributed by atoms with E-state index in [9.17, 15) is 9.90 Å². The maximum Gasteiger partial charge on any atom is 0.226 e. The van der Waals surface area contributed by atoms with Gasteiger partial charge in [0.25, 0.3) is 0 Å². The lowest BCUT2D eigenvalue weighted by atomic mass is 9.89. The first-order valence-corrected chi connectivity index (χ1v) is 10.1. The third-order valence-electron chi connectivity index (χ3n) is 6.23. The third-order valence-corrected chi connectivity index (χ3v) is 6.23. The molecule has 1 atom stereocenters. The summed E-state index contributed by atoms with van der Waals surface area (Å²) in [4.78, 5) is 17.4. The summed E-state index contributed by atoms with van der Waals surface area (Å²) in [6, 6.07) is 8.04. The van der Waals surface area contributed by atoms with Crippen molar-refractivity contribution in [2.75, 3.05) is 39.3 Å². The molecule has 3 heterocycles. The van der Waals surface area contributed by atoms with Gasteiger partial charge in [-0.2, -0.15) is 0 Å². The zero-order chi connectivity index (χ0) is 18.0. The van der Waals surface area contributed by atoms with Gasteiger partial charge in [0.1, 0.15) is 5.75 Å². The van der Waals surface area contributed by atoms with Crippen molar-refractivity contribution in [3.8, 4) is 5.75 Å². The number of rotatable bonds is 3. The first-order chi connectivity index (χ1) is 12.6. The van der Waals surface area contributed by atoms with Gasteiger partial charge in [-0.1, -0.05) is 18.2 Å². The smallest absolute Gasteiger partial charge is 0.226 e. The van der Waals surface area contributed by atoms with Gasteiger partial charge in [0.05, 0.1) is 12.2 Å². The van der Waals surface area contributed by atoms with Crippen LogP contribution in [0.4, 0.5) is 0 Å². The number of benzene rings is 1. The van der Waals surface area contributed by atoms with Crippen LogP contribution in [0.1, 0.15) is 37.7 Å². The van der Waals surface area contributed by atoms with Crippen LogP contribution in [0, 0.1) is 5.92 Å². The Labute approximate surface area is 155 Å². The molecule has 1 amide bonds. The average Bonchev–Trinajstić information content (AvgIpc) is 3.04. The Kier molecular flexibility index (Phi) is 5.18. The lowest BCUT2D eigenvalue weighted by Gasteiger charge is -2.41. The second-order valence-electron chi connectivity index (χ2n) is 8.18. The molecule has 0 aliphatic carbocycles.